The van der Waals surface area contributed by atoms with Crippen molar-refractivity contribution in [2.24, 2.45) is 0 Å². The molecule has 0 heterocycles. The number of methoxy groups -OCH3 is 2. The lowest BCUT2D eigenvalue weighted by molar-refractivity contribution is -0.111. The molecule has 0 saturated heterocycles. The van der Waals surface area contributed by atoms with E-state index in [1.807, 2.05) is 12.1 Å². The van der Waals surface area contributed by atoms with Gasteiger partial charge >= 0.3 is 0 Å². The van der Waals surface area contributed by atoms with E-state index >= 15 is 0 Å². The van der Waals surface area contributed by atoms with E-state index in [0.717, 1.165) is 5.56 Å². The van der Waals surface area contributed by atoms with Crippen molar-refractivity contribution in [2.45, 2.75) is 0 Å². The highest BCUT2D eigenvalue weighted by molar-refractivity contribution is 6.30. The first-order chi connectivity index (χ1) is 10.6. The Labute approximate surface area is 134 Å². The van der Waals surface area contributed by atoms with Gasteiger partial charge in [0.2, 0.25) is 5.91 Å². The second kappa shape index (κ2) is 7.52. The van der Waals surface area contributed by atoms with Gasteiger partial charge in [0.05, 0.1) is 14.2 Å². The van der Waals surface area contributed by atoms with E-state index in [2.05, 4.69) is 5.32 Å². The van der Waals surface area contributed by atoms with E-state index in [1.165, 1.54) is 6.08 Å². The maximum Gasteiger partial charge on any atom is 0.248 e. The lowest BCUT2D eigenvalue weighted by atomic mass is 10.2. The zero-order chi connectivity index (χ0) is 15.9. The summed E-state index contributed by atoms with van der Waals surface area (Å²) in [6.07, 6.45) is 3.13. The molecule has 2 aromatic rings. The van der Waals surface area contributed by atoms with Gasteiger partial charge in [-0.3, -0.25) is 4.79 Å². The van der Waals surface area contributed by atoms with Crippen LogP contribution in [0.1, 0.15) is 5.56 Å². The Bertz CT molecular complexity index is 676. The summed E-state index contributed by atoms with van der Waals surface area (Å²) < 4.78 is 10.4. The van der Waals surface area contributed by atoms with Gasteiger partial charge in [-0.2, -0.15) is 0 Å². The van der Waals surface area contributed by atoms with Crippen molar-refractivity contribution in [1.29, 1.82) is 0 Å². The molecule has 0 radical (unpaired) electrons. The molecule has 0 atom stereocenters. The Kier molecular flexibility index (Phi) is 5.44. The maximum atomic E-state index is 11.9. The number of halogens is 1. The molecule has 1 amide bonds. The quantitative estimate of drug-likeness (QED) is 0.848. The minimum Gasteiger partial charge on any atom is -0.497 e. The van der Waals surface area contributed by atoms with Crippen molar-refractivity contribution in [1.82, 2.24) is 0 Å². The molecule has 0 unspecified atom stereocenters. The first-order valence-corrected chi connectivity index (χ1v) is 6.96. The van der Waals surface area contributed by atoms with Crippen LogP contribution in [-0.4, -0.2) is 20.1 Å². The average molecular weight is 318 g/mol. The molecule has 0 fully saturated rings. The van der Waals surface area contributed by atoms with Crippen LogP contribution in [-0.2, 0) is 4.79 Å². The van der Waals surface area contributed by atoms with Crippen LogP contribution in [0.4, 0.5) is 5.69 Å². The summed E-state index contributed by atoms with van der Waals surface area (Å²) >= 11 is 5.87. The second-order valence-corrected chi connectivity index (χ2v) is 4.92. The SMILES string of the molecule is COc1cc(/C=C/C(=O)Nc2cccc(Cl)c2)cc(OC)c1. The van der Waals surface area contributed by atoms with Gasteiger partial charge in [-0.25, -0.2) is 0 Å². The summed E-state index contributed by atoms with van der Waals surface area (Å²) in [5.74, 6) is 1.08. The molecular formula is C17H16ClNO3. The van der Waals surface area contributed by atoms with Gasteiger partial charge in [0.15, 0.2) is 0 Å². The highest BCUT2D eigenvalue weighted by atomic mass is 35.5. The number of carbonyl (C=O) groups is 1. The topological polar surface area (TPSA) is 47.6 Å². The fourth-order valence-electron chi connectivity index (χ4n) is 1.85. The third-order valence-corrected chi connectivity index (χ3v) is 3.13. The summed E-state index contributed by atoms with van der Waals surface area (Å²) in [6.45, 7) is 0. The van der Waals surface area contributed by atoms with Crippen LogP contribution >= 0.6 is 11.6 Å². The highest BCUT2D eigenvalue weighted by Crippen LogP contribution is 2.23. The highest BCUT2D eigenvalue weighted by Gasteiger charge is 2.01. The predicted octanol–water partition coefficient (Wildman–Crippen LogP) is 4.01. The van der Waals surface area contributed by atoms with Crippen molar-refractivity contribution in [3.8, 4) is 11.5 Å². The largest absolute Gasteiger partial charge is 0.497 e. The van der Waals surface area contributed by atoms with Gasteiger partial charge in [0.1, 0.15) is 11.5 Å². The number of hydrogen-bond acceptors (Lipinski definition) is 3. The molecule has 22 heavy (non-hydrogen) atoms. The zero-order valence-electron chi connectivity index (χ0n) is 12.3. The van der Waals surface area contributed by atoms with E-state index in [1.54, 1.807) is 50.6 Å². The first kappa shape index (κ1) is 15.9. The maximum absolute atomic E-state index is 11.9. The van der Waals surface area contributed by atoms with Gasteiger partial charge in [0, 0.05) is 22.9 Å². The molecule has 0 aliphatic rings. The molecule has 0 bridgehead atoms. The van der Waals surface area contributed by atoms with Gasteiger partial charge in [-0.1, -0.05) is 17.7 Å². The standard InChI is InChI=1S/C17H16ClNO3/c1-21-15-8-12(9-16(11-15)22-2)6-7-17(20)19-14-5-3-4-13(18)10-14/h3-11H,1-2H3,(H,19,20)/b7-6+. The molecule has 5 heteroatoms. The molecule has 0 aliphatic heterocycles. The molecule has 0 aromatic heterocycles. The monoisotopic (exact) mass is 317 g/mol. The summed E-state index contributed by atoms with van der Waals surface area (Å²) in [7, 11) is 3.16. The number of ether oxygens (including phenoxy) is 2. The zero-order valence-corrected chi connectivity index (χ0v) is 13.1. The number of benzene rings is 2. The van der Waals surface area contributed by atoms with Crippen LogP contribution in [0, 0.1) is 0 Å². The summed E-state index contributed by atoms with van der Waals surface area (Å²) in [5.41, 5.74) is 1.45. The molecule has 2 rings (SSSR count). The van der Waals surface area contributed by atoms with E-state index in [4.69, 9.17) is 21.1 Å². The smallest absolute Gasteiger partial charge is 0.248 e. The molecule has 0 saturated carbocycles. The van der Waals surface area contributed by atoms with Crippen molar-refractivity contribution in [3.05, 3.63) is 59.1 Å². The molecule has 2 aromatic carbocycles. The number of anilines is 1. The number of hydrogen-bond donors (Lipinski definition) is 1. The number of amides is 1. The van der Waals surface area contributed by atoms with Crippen LogP contribution in [0.3, 0.4) is 0 Å². The summed E-state index contributed by atoms with van der Waals surface area (Å²) in [5, 5.41) is 3.31. The van der Waals surface area contributed by atoms with Gasteiger partial charge in [-0.15, -0.1) is 0 Å². The lowest BCUT2D eigenvalue weighted by Gasteiger charge is -2.06. The second-order valence-electron chi connectivity index (χ2n) is 4.48. The lowest BCUT2D eigenvalue weighted by Crippen LogP contribution is -2.07. The Balaban J connectivity index is 2.09. The fourth-order valence-corrected chi connectivity index (χ4v) is 2.04. The van der Waals surface area contributed by atoms with E-state index in [9.17, 15) is 4.79 Å². The third kappa shape index (κ3) is 4.53. The molecule has 0 aliphatic carbocycles. The van der Waals surface area contributed by atoms with E-state index < -0.39 is 0 Å². The predicted molar refractivity (Wildman–Crippen MR) is 88.7 cm³/mol. The Morgan fingerprint density at radius 3 is 2.36 bits per heavy atom. The van der Waals surface area contributed by atoms with Crippen molar-refractivity contribution in [2.75, 3.05) is 19.5 Å². The Morgan fingerprint density at radius 2 is 1.77 bits per heavy atom. The van der Waals surface area contributed by atoms with Gasteiger partial charge < -0.3 is 14.8 Å². The number of carbonyl (C=O) groups excluding carboxylic acids is 1. The third-order valence-electron chi connectivity index (χ3n) is 2.89. The fraction of sp³-hybridized carbons (Fsp3) is 0.118. The Morgan fingerprint density at radius 1 is 1.09 bits per heavy atom. The molecule has 114 valence electrons. The van der Waals surface area contributed by atoms with E-state index in [-0.39, 0.29) is 5.91 Å². The normalized spacial score (nSPS) is 10.5. The van der Waals surface area contributed by atoms with Gasteiger partial charge in [0.25, 0.3) is 0 Å². The van der Waals surface area contributed by atoms with Crippen molar-refractivity contribution in [3.63, 3.8) is 0 Å². The molecule has 4 nitrogen and oxygen atoms in total. The molecule has 0 spiro atoms. The number of rotatable bonds is 5. The summed E-state index contributed by atoms with van der Waals surface area (Å²) in [4.78, 5) is 11.9. The van der Waals surface area contributed by atoms with Crippen molar-refractivity contribution >= 4 is 29.3 Å². The first-order valence-electron chi connectivity index (χ1n) is 6.58. The van der Waals surface area contributed by atoms with Gasteiger partial charge in [-0.05, 0) is 42.0 Å². The molecule has 1 N–H and O–H groups in total. The van der Waals surface area contributed by atoms with Crippen LogP contribution in [0.25, 0.3) is 6.08 Å². The molecular weight excluding hydrogens is 302 g/mol. The average Bonchev–Trinajstić information content (AvgIpc) is 2.52. The minimum absolute atomic E-state index is 0.246. The van der Waals surface area contributed by atoms with Crippen LogP contribution in [0.5, 0.6) is 11.5 Å². The van der Waals surface area contributed by atoms with Crippen LogP contribution in [0.15, 0.2) is 48.5 Å². The summed E-state index contributed by atoms with van der Waals surface area (Å²) in [6, 6.07) is 12.4. The number of nitrogens with one attached hydrogen (secondary N) is 1. The Hall–Kier alpha value is -2.46. The van der Waals surface area contributed by atoms with E-state index in [0.29, 0.717) is 22.2 Å². The van der Waals surface area contributed by atoms with Crippen molar-refractivity contribution < 1.29 is 14.3 Å². The van der Waals surface area contributed by atoms with Crippen LogP contribution < -0.4 is 14.8 Å². The minimum atomic E-state index is -0.246. The van der Waals surface area contributed by atoms with Crippen LogP contribution in [0.2, 0.25) is 5.02 Å².